The van der Waals surface area contributed by atoms with Gasteiger partial charge in [0, 0.05) is 5.88 Å². The van der Waals surface area contributed by atoms with E-state index in [1.165, 1.54) is 0 Å². The fourth-order valence-electron chi connectivity index (χ4n) is 0.582. The summed E-state index contributed by atoms with van der Waals surface area (Å²) in [5.41, 5.74) is 0. The van der Waals surface area contributed by atoms with Crippen LogP contribution in [0.4, 0.5) is 0 Å². The van der Waals surface area contributed by atoms with Crippen LogP contribution >= 0.6 is 11.6 Å². The van der Waals surface area contributed by atoms with Crippen LogP contribution in [-0.2, 0) is 14.3 Å². The van der Waals surface area contributed by atoms with Gasteiger partial charge in [-0.3, -0.25) is 0 Å². The van der Waals surface area contributed by atoms with Gasteiger partial charge in [0.05, 0.1) is 13.2 Å². The van der Waals surface area contributed by atoms with Crippen molar-refractivity contribution in [3.63, 3.8) is 0 Å². The Morgan fingerprint density at radius 1 is 1.42 bits per heavy atom. The monoisotopic (exact) mass is 194 g/mol. The molecule has 0 aromatic heterocycles. The van der Waals surface area contributed by atoms with Gasteiger partial charge in [-0.05, 0) is 6.42 Å². The lowest BCUT2D eigenvalue weighted by molar-refractivity contribution is -0.148. The number of ether oxygens (including phenoxy) is 2. The molecule has 0 aromatic rings. The summed E-state index contributed by atoms with van der Waals surface area (Å²) in [4.78, 5) is 10.8. The Morgan fingerprint density at radius 2 is 2.17 bits per heavy atom. The van der Waals surface area contributed by atoms with Gasteiger partial charge >= 0.3 is 5.97 Å². The van der Waals surface area contributed by atoms with Crippen molar-refractivity contribution < 1.29 is 14.3 Å². The van der Waals surface area contributed by atoms with Crippen molar-refractivity contribution in [3.8, 4) is 0 Å². The predicted molar refractivity (Wildman–Crippen MR) is 47.4 cm³/mol. The van der Waals surface area contributed by atoms with Crippen molar-refractivity contribution >= 4 is 17.6 Å². The minimum absolute atomic E-state index is 0.0104. The molecule has 0 heterocycles. The SMILES string of the molecule is CCCCOC(=O)COCCCl. The standard InChI is InChI=1S/C8H15ClO3/c1-2-3-5-12-8(10)7-11-6-4-9/h2-7H2,1H3. The van der Waals surface area contributed by atoms with E-state index in [4.69, 9.17) is 21.1 Å². The first-order valence-electron chi connectivity index (χ1n) is 4.10. The van der Waals surface area contributed by atoms with Gasteiger partial charge in [0.15, 0.2) is 0 Å². The van der Waals surface area contributed by atoms with Gasteiger partial charge in [-0.15, -0.1) is 11.6 Å². The number of rotatable bonds is 7. The minimum Gasteiger partial charge on any atom is -0.464 e. The summed E-state index contributed by atoms with van der Waals surface area (Å²) in [6.45, 7) is 2.93. The van der Waals surface area contributed by atoms with Crippen molar-refractivity contribution in [3.05, 3.63) is 0 Å². The first kappa shape index (κ1) is 11.7. The van der Waals surface area contributed by atoms with Crippen LogP contribution in [0.2, 0.25) is 0 Å². The molecule has 4 heteroatoms. The molecule has 0 unspecified atom stereocenters. The summed E-state index contributed by atoms with van der Waals surface area (Å²) in [7, 11) is 0. The third-order valence-electron chi connectivity index (χ3n) is 1.20. The molecule has 0 atom stereocenters. The Balaban J connectivity index is 3.10. The predicted octanol–water partition coefficient (Wildman–Crippen LogP) is 1.59. The van der Waals surface area contributed by atoms with Gasteiger partial charge in [-0.2, -0.15) is 0 Å². The molecule has 0 saturated carbocycles. The molecule has 0 N–H and O–H groups in total. The second-order valence-corrected chi connectivity index (χ2v) is 2.69. The third kappa shape index (κ3) is 7.82. The fraction of sp³-hybridized carbons (Fsp3) is 0.875. The molecular weight excluding hydrogens is 180 g/mol. The summed E-state index contributed by atoms with van der Waals surface area (Å²) < 4.78 is 9.69. The van der Waals surface area contributed by atoms with Crippen LogP contribution in [0, 0.1) is 0 Å². The fourth-order valence-corrected chi connectivity index (χ4v) is 0.691. The Labute approximate surface area is 78.0 Å². The lowest BCUT2D eigenvalue weighted by atomic mass is 10.4. The van der Waals surface area contributed by atoms with Crippen LogP contribution in [0.15, 0.2) is 0 Å². The number of hydrogen-bond acceptors (Lipinski definition) is 3. The molecule has 0 bridgehead atoms. The average molecular weight is 195 g/mol. The summed E-state index contributed by atoms with van der Waals surface area (Å²) >= 11 is 5.33. The molecule has 0 spiro atoms. The summed E-state index contributed by atoms with van der Waals surface area (Å²) in [6.07, 6.45) is 1.93. The zero-order chi connectivity index (χ0) is 9.23. The number of carbonyl (C=O) groups excluding carboxylic acids is 1. The molecule has 72 valence electrons. The molecule has 12 heavy (non-hydrogen) atoms. The summed E-state index contributed by atoms with van der Waals surface area (Å²) in [5, 5.41) is 0. The molecule has 0 aromatic carbocycles. The maximum atomic E-state index is 10.8. The third-order valence-corrected chi connectivity index (χ3v) is 1.36. The largest absolute Gasteiger partial charge is 0.464 e. The van der Waals surface area contributed by atoms with Crippen molar-refractivity contribution in [2.24, 2.45) is 0 Å². The highest BCUT2D eigenvalue weighted by atomic mass is 35.5. The van der Waals surface area contributed by atoms with E-state index in [9.17, 15) is 4.79 Å². The zero-order valence-corrected chi connectivity index (χ0v) is 8.10. The zero-order valence-electron chi connectivity index (χ0n) is 7.35. The normalized spacial score (nSPS) is 9.83. The van der Waals surface area contributed by atoms with E-state index in [1.54, 1.807) is 0 Å². The van der Waals surface area contributed by atoms with Crippen LogP contribution < -0.4 is 0 Å². The summed E-state index contributed by atoms with van der Waals surface area (Å²) in [6, 6.07) is 0. The molecular formula is C8H15ClO3. The lowest BCUT2D eigenvalue weighted by Crippen LogP contribution is -2.14. The first-order chi connectivity index (χ1) is 5.81. The Bertz CT molecular complexity index is 105. The summed E-state index contributed by atoms with van der Waals surface area (Å²) in [5.74, 6) is 0.0935. The maximum Gasteiger partial charge on any atom is 0.332 e. The van der Waals surface area contributed by atoms with Crippen molar-refractivity contribution in [2.45, 2.75) is 19.8 Å². The number of esters is 1. The molecule has 0 radical (unpaired) electrons. The van der Waals surface area contributed by atoms with Gasteiger partial charge < -0.3 is 9.47 Å². The molecule has 0 fully saturated rings. The van der Waals surface area contributed by atoms with Crippen LogP contribution in [0.1, 0.15) is 19.8 Å². The van der Waals surface area contributed by atoms with Gasteiger partial charge in [0.1, 0.15) is 6.61 Å². The highest BCUT2D eigenvalue weighted by Gasteiger charge is 2.00. The molecule has 0 aliphatic carbocycles. The van der Waals surface area contributed by atoms with E-state index in [0.717, 1.165) is 12.8 Å². The molecule has 3 nitrogen and oxygen atoms in total. The van der Waals surface area contributed by atoms with Crippen LogP contribution in [-0.4, -0.2) is 31.7 Å². The van der Waals surface area contributed by atoms with Crippen LogP contribution in [0.25, 0.3) is 0 Å². The number of unbranched alkanes of at least 4 members (excludes halogenated alkanes) is 1. The van der Waals surface area contributed by atoms with E-state index < -0.39 is 0 Å². The highest BCUT2D eigenvalue weighted by molar-refractivity contribution is 6.17. The van der Waals surface area contributed by atoms with Gasteiger partial charge in [-0.1, -0.05) is 13.3 Å². The Morgan fingerprint density at radius 3 is 2.75 bits per heavy atom. The molecule has 0 aliphatic heterocycles. The second-order valence-electron chi connectivity index (χ2n) is 2.32. The van der Waals surface area contributed by atoms with E-state index in [0.29, 0.717) is 19.1 Å². The average Bonchev–Trinajstić information content (AvgIpc) is 2.06. The minimum atomic E-state index is -0.312. The van der Waals surface area contributed by atoms with Crippen LogP contribution in [0.3, 0.4) is 0 Å². The smallest absolute Gasteiger partial charge is 0.332 e. The van der Waals surface area contributed by atoms with Gasteiger partial charge in [0.2, 0.25) is 0 Å². The topological polar surface area (TPSA) is 35.5 Å². The van der Waals surface area contributed by atoms with E-state index in [-0.39, 0.29) is 12.6 Å². The highest BCUT2D eigenvalue weighted by Crippen LogP contribution is 1.89. The molecule has 0 aliphatic rings. The number of hydrogen-bond donors (Lipinski definition) is 0. The quantitative estimate of drug-likeness (QED) is 0.351. The van der Waals surface area contributed by atoms with E-state index in [1.807, 2.05) is 6.92 Å². The Kier molecular flexibility index (Phi) is 8.61. The van der Waals surface area contributed by atoms with Crippen LogP contribution in [0.5, 0.6) is 0 Å². The maximum absolute atomic E-state index is 10.8. The lowest BCUT2D eigenvalue weighted by Gasteiger charge is -2.03. The number of halogens is 1. The van der Waals surface area contributed by atoms with Gasteiger partial charge in [-0.25, -0.2) is 4.79 Å². The first-order valence-corrected chi connectivity index (χ1v) is 4.64. The number of carbonyl (C=O) groups is 1. The number of alkyl halides is 1. The Hall–Kier alpha value is -0.280. The van der Waals surface area contributed by atoms with Crippen molar-refractivity contribution in [1.82, 2.24) is 0 Å². The molecule has 0 saturated heterocycles. The molecule has 0 rings (SSSR count). The van der Waals surface area contributed by atoms with Crippen molar-refractivity contribution in [1.29, 1.82) is 0 Å². The van der Waals surface area contributed by atoms with E-state index in [2.05, 4.69) is 0 Å². The second kappa shape index (κ2) is 8.81. The molecule has 0 amide bonds. The van der Waals surface area contributed by atoms with E-state index >= 15 is 0 Å². The van der Waals surface area contributed by atoms with Gasteiger partial charge in [0.25, 0.3) is 0 Å². The van der Waals surface area contributed by atoms with Crippen molar-refractivity contribution in [2.75, 3.05) is 25.7 Å².